The number of anilines is 1. The minimum absolute atomic E-state index is 0.261. The number of amides is 1. The van der Waals surface area contributed by atoms with Crippen LogP contribution in [0.4, 0.5) is 9.52 Å². The zero-order valence-electron chi connectivity index (χ0n) is 13.3. The lowest BCUT2D eigenvalue weighted by Crippen LogP contribution is -2.07. The van der Waals surface area contributed by atoms with Crippen LogP contribution >= 0.6 is 27.3 Å². The number of ether oxygens (including phenoxy) is 1. The molecule has 0 aliphatic rings. The maximum Gasteiger partial charge on any atom is 0.250 e. The maximum absolute atomic E-state index is 13.7. The van der Waals surface area contributed by atoms with Gasteiger partial charge in [-0.25, -0.2) is 9.37 Å². The molecule has 4 nitrogen and oxygen atoms in total. The van der Waals surface area contributed by atoms with Crippen LogP contribution in [0, 0.1) is 5.82 Å². The standard InChI is InChI=1S/C18H14BrFN2O2S/c1-2-24-14-8-7-12(19)10-11(14)6-9-16(23)21-18-22-17-13(20)4-3-5-15(17)25-18/h3-10H,2H2,1H3,(H,21,22,23)/b9-6+. The van der Waals surface area contributed by atoms with E-state index in [0.717, 1.165) is 10.0 Å². The number of carbonyl (C=O) groups excluding carboxylic acids is 1. The number of nitrogens with one attached hydrogen (secondary N) is 1. The minimum Gasteiger partial charge on any atom is -0.493 e. The molecule has 3 rings (SSSR count). The van der Waals surface area contributed by atoms with Gasteiger partial charge in [-0.3, -0.25) is 10.1 Å². The third kappa shape index (κ3) is 4.24. The van der Waals surface area contributed by atoms with E-state index in [1.54, 1.807) is 18.2 Å². The van der Waals surface area contributed by atoms with Gasteiger partial charge in [0.05, 0.1) is 11.3 Å². The van der Waals surface area contributed by atoms with E-state index in [4.69, 9.17) is 4.74 Å². The number of rotatable bonds is 5. The maximum atomic E-state index is 13.7. The van der Waals surface area contributed by atoms with Crippen molar-refractivity contribution in [2.45, 2.75) is 6.92 Å². The predicted octanol–water partition coefficient (Wildman–Crippen LogP) is 5.25. The first-order chi connectivity index (χ1) is 12.1. The Morgan fingerprint density at radius 3 is 3.00 bits per heavy atom. The Balaban J connectivity index is 1.76. The molecule has 0 spiro atoms. The first kappa shape index (κ1) is 17.6. The molecule has 0 aliphatic carbocycles. The molecular formula is C18H14BrFN2O2S. The smallest absolute Gasteiger partial charge is 0.250 e. The Morgan fingerprint density at radius 2 is 2.24 bits per heavy atom. The van der Waals surface area contributed by atoms with Gasteiger partial charge >= 0.3 is 0 Å². The van der Waals surface area contributed by atoms with Crippen molar-refractivity contribution < 1.29 is 13.9 Å². The van der Waals surface area contributed by atoms with Gasteiger partial charge in [-0.15, -0.1) is 0 Å². The molecule has 3 aromatic rings. The van der Waals surface area contributed by atoms with Crippen LogP contribution in [-0.4, -0.2) is 17.5 Å². The second kappa shape index (κ2) is 7.76. The first-order valence-corrected chi connectivity index (χ1v) is 9.14. The van der Waals surface area contributed by atoms with E-state index in [1.165, 1.54) is 23.5 Å². The second-order valence-corrected chi connectivity index (χ2v) is 6.99. The van der Waals surface area contributed by atoms with Gasteiger partial charge in [0.2, 0.25) is 5.91 Å². The van der Waals surface area contributed by atoms with Crippen LogP contribution in [0.2, 0.25) is 0 Å². The highest BCUT2D eigenvalue weighted by Crippen LogP contribution is 2.28. The topological polar surface area (TPSA) is 51.2 Å². The Labute approximate surface area is 156 Å². The number of thiazole rings is 1. The van der Waals surface area contributed by atoms with Crippen LogP contribution in [0.1, 0.15) is 12.5 Å². The molecule has 0 aliphatic heterocycles. The van der Waals surface area contributed by atoms with Gasteiger partial charge in [0.15, 0.2) is 5.13 Å². The van der Waals surface area contributed by atoms with E-state index >= 15 is 0 Å². The fourth-order valence-electron chi connectivity index (χ4n) is 2.22. The SMILES string of the molecule is CCOc1ccc(Br)cc1/C=C/C(=O)Nc1nc2c(F)cccc2s1. The molecule has 0 saturated heterocycles. The van der Waals surface area contributed by atoms with Crippen molar-refractivity contribution in [1.29, 1.82) is 0 Å². The van der Waals surface area contributed by atoms with Crippen LogP contribution in [-0.2, 0) is 4.79 Å². The monoisotopic (exact) mass is 420 g/mol. The summed E-state index contributed by atoms with van der Waals surface area (Å²) in [7, 11) is 0. The summed E-state index contributed by atoms with van der Waals surface area (Å²) in [5, 5.41) is 3.01. The summed E-state index contributed by atoms with van der Waals surface area (Å²) in [5.74, 6) is -0.0565. The summed E-state index contributed by atoms with van der Waals surface area (Å²) < 4.78 is 20.8. The summed E-state index contributed by atoms with van der Waals surface area (Å²) >= 11 is 4.63. The Morgan fingerprint density at radius 1 is 1.40 bits per heavy atom. The number of fused-ring (bicyclic) bond motifs is 1. The molecule has 7 heteroatoms. The van der Waals surface area contributed by atoms with Gasteiger partial charge in [0.1, 0.15) is 17.1 Å². The summed E-state index contributed by atoms with van der Waals surface area (Å²) in [4.78, 5) is 16.2. The largest absolute Gasteiger partial charge is 0.493 e. The van der Waals surface area contributed by atoms with E-state index in [1.807, 2.05) is 25.1 Å². The summed E-state index contributed by atoms with van der Waals surface area (Å²) in [6, 6.07) is 10.3. The molecule has 0 radical (unpaired) electrons. The number of benzene rings is 2. The molecule has 0 bridgehead atoms. The molecule has 0 atom stereocenters. The highest BCUT2D eigenvalue weighted by atomic mass is 79.9. The third-order valence-electron chi connectivity index (χ3n) is 3.29. The quantitative estimate of drug-likeness (QED) is 0.573. The lowest BCUT2D eigenvalue weighted by atomic mass is 10.2. The van der Waals surface area contributed by atoms with E-state index in [2.05, 4.69) is 26.2 Å². The van der Waals surface area contributed by atoms with Gasteiger partial charge in [-0.1, -0.05) is 33.3 Å². The van der Waals surface area contributed by atoms with Crippen molar-refractivity contribution in [2.75, 3.05) is 11.9 Å². The van der Waals surface area contributed by atoms with Gasteiger partial charge in [0.25, 0.3) is 0 Å². The zero-order valence-corrected chi connectivity index (χ0v) is 15.7. The van der Waals surface area contributed by atoms with Crippen LogP contribution in [0.15, 0.2) is 46.9 Å². The fourth-order valence-corrected chi connectivity index (χ4v) is 3.48. The van der Waals surface area contributed by atoms with E-state index in [9.17, 15) is 9.18 Å². The van der Waals surface area contributed by atoms with Crippen molar-refractivity contribution >= 4 is 54.6 Å². The molecular weight excluding hydrogens is 407 g/mol. The summed E-state index contributed by atoms with van der Waals surface area (Å²) in [6.07, 6.45) is 3.06. The minimum atomic E-state index is -0.403. The number of halogens is 2. The van der Waals surface area contributed by atoms with Crippen molar-refractivity contribution in [3.8, 4) is 5.75 Å². The van der Waals surface area contributed by atoms with Gasteiger partial charge in [0, 0.05) is 16.1 Å². The average Bonchev–Trinajstić information content (AvgIpc) is 2.99. The second-order valence-electron chi connectivity index (χ2n) is 5.04. The van der Waals surface area contributed by atoms with Gasteiger partial charge in [-0.2, -0.15) is 0 Å². The summed E-state index contributed by atoms with van der Waals surface area (Å²) in [5.41, 5.74) is 1.04. The molecule has 0 unspecified atom stereocenters. The lowest BCUT2D eigenvalue weighted by Gasteiger charge is -2.07. The predicted molar refractivity (Wildman–Crippen MR) is 103 cm³/mol. The number of carbonyl (C=O) groups is 1. The molecule has 1 heterocycles. The number of hydrogen-bond donors (Lipinski definition) is 1. The van der Waals surface area contributed by atoms with Gasteiger partial charge in [-0.05, 0) is 43.3 Å². The number of hydrogen-bond acceptors (Lipinski definition) is 4. The summed E-state index contributed by atoms with van der Waals surface area (Å²) in [6.45, 7) is 2.43. The van der Waals surface area contributed by atoms with Crippen LogP contribution in [0.3, 0.4) is 0 Å². The van der Waals surface area contributed by atoms with E-state index in [0.29, 0.717) is 22.2 Å². The van der Waals surface area contributed by atoms with Crippen molar-refractivity contribution in [1.82, 2.24) is 4.98 Å². The average molecular weight is 421 g/mol. The molecule has 1 amide bonds. The third-order valence-corrected chi connectivity index (χ3v) is 4.72. The fraction of sp³-hybridized carbons (Fsp3) is 0.111. The Kier molecular flexibility index (Phi) is 5.45. The highest BCUT2D eigenvalue weighted by Gasteiger charge is 2.09. The lowest BCUT2D eigenvalue weighted by molar-refractivity contribution is -0.111. The van der Waals surface area contributed by atoms with Crippen LogP contribution in [0.25, 0.3) is 16.3 Å². The van der Waals surface area contributed by atoms with E-state index < -0.39 is 5.82 Å². The number of para-hydroxylation sites is 1. The molecule has 128 valence electrons. The molecule has 2 aromatic carbocycles. The van der Waals surface area contributed by atoms with Crippen molar-refractivity contribution in [3.63, 3.8) is 0 Å². The Hall–Kier alpha value is -2.25. The molecule has 25 heavy (non-hydrogen) atoms. The zero-order chi connectivity index (χ0) is 17.8. The van der Waals surface area contributed by atoms with Crippen LogP contribution < -0.4 is 10.1 Å². The Bertz CT molecular complexity index is 955. The van der Waals surface area contributed by atoms with Crippen molar-refractivity contribution in [2.24, 2.45) is 0 Å². The first-order valence-electron chi connectivity index (χ1n) is 7.53. The molecule has 0 saturated carbocycles. The van der Waals surface area contributed by atoms with Crippen molar-refractivity contribution in [3.05, 3.63) is 58.3 Å². The number of nitrogens with zero attached hydrogens (tertiary/aromatic N) is 1. The highest BCUT2D eigenvalue weighted by molar-refractivity contribution is 9.10. The normalized spacial score (nSPS) is 11.2. The van der Waals surface area contributed by atoms with Gasteiger partial charge < -0.3 is 4.74 Å². The molecule has 1 N–H and O–H groups in total. The van der Waals surface area contributed by atoms with E-state index in [-0.39, 0.29) is 11.4 Å². The number of aromatic nitrogens is 1. The van der Waals surface area contributed by atoms with Crippen LogP contribution in [0.5, 0.6) is 5.75 Å². The molecule has 0 fully saturated rings. The molecule has 1 aromatic heterocycles.